The van der Waals surface area contributed by atoms with Gasteiger partial charge >= 0.3 is 11.9 Å². The van der Waals surface area contributed by atoms with Gasteiger partial charge in [-0.05, 0) is 24.6 Å². The van der Waals surface area contributed by atoms with Gasteiger partial charge in [0.1, 0.15) is 0 Å². The molecule has 1 heterocycles. The van der Waals surface area contributed by atoms with Gasteiger partial charge in [0.15, 0.2) is 5.92 Å². The van der Waals surface area contributed by atoms with E-state index in [0.29, 0.717) is 11.4 Å². The van der Waals surface area contributed by atoms with Gasteiger partial charge in [-0.2, -0.15) is 0 Å². The molecule has 0 saturated carbocycles. The van der Waals surface area contributed by atoms with E-state index in [2.05, 4.69) is 11.6 Å². The van der Waals surface area contributed by atoms with Gasteiger partial charge < -0.3 is 10.2 Å². The zero-order valence-electron chi connectivity index (χ0n) is 9.38. The van der Waals surface area contributed by atoms with Crippen molar-refractivity contribution >= 4 is 18.0 Å². The van der Waals surface area contributed by atoms with Crippen molar-refractivity contribution in [2.24, 2.45) is 5.92 Å². The molecule has 0 aliphatic rings. The number of carboxylic acids is 2. The summed E-state index contributed by atoms with van der Waals surface area (Å²) < 4.78 is 0. The van der Waals surface area contributed by atoms with Crippen molar-refractivity contribution in [2.75, 3.05) is 0 Å². The number of nitrogens with zero attached hydrogens (tertiary/aromatic N) is 1. The second kappa shape index (κ2) is 5.25. The Hall–Kier alpha value is -2.17. The molecule has 0 radical (unpaired) electrons. The van der Waals surface area contributed by atoms with E-state index in [-0.39, 0.29) is 6.42 Å². The molecule has 90 valence electrons. The minimum atomic E-state index is -1.47. The van der Waals surface area contributed by atoms with Gasteiger partial charge in [0.2, 0.25) is 0 Å². The molecule has 5 nitrogen and oxygen atoms in total. The average molecular weight is 235 g/mol. The number of carboxylic acid groups (broad SMARTS) is 2. The first kappa shape index (κ1) is 12.9. The zero-order chi connectivity index (χ0) is 13.0. The molecule has 17 heavy (non-hydrogen) atoms. The van der Waals surface area contributed by atoms with Gasteiger partial charge in [-0.15, -0.1) is 0 Å². The van der Waals surface area contributed by atoms with Crippen LogP contribution in [0.3, 0.4) is 0 Å². The van der Waals surface area contributed by atoms with E-state index < -0.39 is 17.9 Å². The van der Waals surface area contributed by atoms with Gasteiger partial charge in [-0.1, -0.05) is 12.7 Å². The molecule has 0 unspecified atom stereocenters. The van der Waals surface area contributed by atoms with Crippen LogP contribution in [0.15, 0.2) is 18.7 Å². The highest BCUT2D eigenvalue weighted by molar-refractivity contribution is 5.93. The fraction of sp³-hybridized carbons (Fsp3) is 0.250. The Morgan fingerprint density at radius 2 is 2.00 bits per heavy atom. The molecule has 1 aromatic rings. The summed E-state index contributed by atoms with van der Waals surface area (Å²) in [6.45, 7) is 5.36. The topological polar surface area (TPSA) is 87.5 Å². The smallest absolute Gasteiger partial charge is 0.318 e. The Bertz CT molecular complexity index is 454. The van der Waals surface area contributed by atoms with Crippen LogP contribution in [0.1, 0.15) is 17.0 Å². The fourth-order valence-electron chi connectivity index (χ4n) is 1.48. The van der Waals surface area contributed by atoms with Crippen LogP contribution in [0.2, 0.25) is 0 Å². The summed E-state index contributed by atoms with van der Waals surface area (Å²) >= 11 is 0. The minimum Gasteiger partial charge on any atom is -0.481 e. The molecule has 0 aromatic carbocycles. The first-order valence-corrected chi connectivity index (χ1v) is 4.99. The van der Waals surface area contributed by atoms with Crippen molar-refractivity contribution in [3.8, 4) is 0 Å². The normalized spacial score (nSPS) is 10.2. The molecular formula is C12H13NO4. The first-order chi connectivity index (χ1) is 7.93. The molecule has 2 N–H and O–H groups in total. The van der Waals surface area contributed by atoms with Gasteiger partial charge in [-0.25, -0.2) is 0 Å². The highest BCUT2D eigenvalue weighted by Crippen LogP contribution is 2.12. The van der Waals surface area contributed by atoms with E-state index in [1.165, 1.54) is 0 Å². The van der Waals surface area contributed by atoms with Gasteiger partial charge in [0.05, 0.1) is 0 Å². The molecule has 1 rings (SSSR count). The van der Waals surface area contributed by atoms with E-state index in [1.54, 1.807) is 25.1 Å². The molecule has 0 spiro atoms. The van der Waals surface area contributed by atoms with E-state index in [9.17, 15) is 9.59 Å². The SMILES string of the molecule is C=Cc1cc(C)nc(CC(C(=O)O)C(=O)O)c1. The molecule has 0 bridgehead atoms. The maximum absolute atomic E-state index is 10.8. The largest absolute Gasteiger partial charge is 0.481 e. The third-order valence-electron chi connectivity index (χ3n) is 2.27. The van der Waals surface area contributed by atoms with Crippen LogP contribution in [0, 0.1) is 12.8 Å². The van der Waals surface area contributed by atoms with Crippen LogP contribution in [-0.4, -0.2) is 27.1 Å². The third-order valence-corrected chi connectivity index (χ3v) is 2.27. The second-order valence-corrected chi connectivity index (χ2v) is 3.67. The second-order valence-electron chi connectivity index (χ2n) is 3.67. The molecule has 0 aliphatic carbocycles. The van der Waals surface area contributed by atoms with E-state index >= 15 is 0 Å². The Morgan fingerprint density at radius 1 is 1.41 bits per heavy atom. The first-order valence-electron chi connectivity index (χ1n) is 4.99. The lowest BCUT2D eigenvalue weighted by Gasteiger charge is -2.08. The summed E-state index contributed by atoms with van der Waals surface area (Å²) in [7, 11) is 0. The molecular weight excluding hydrogens is 222 g/mol. The van der Waals surface area contributed by atoms with Crippen LogP contribution in [0.5, 0.6) is 0 Å². The number of pyridine rings is 1. The Balaban J connectivity index is 3.00. The highest BCUT2D eigenvalue weighted by Gasteiger charge is 2.26. The van der Waals surface area contributed by atoms with Crippen LogP contribution in [0.4, 0.5) is 0 Å². The Labute approximate surface area is 98.4 Å². The summed E-state index contributed by atoms with van der Waals surface area (Å²) in [6.07, 6.45) is 1.47. The monoisotopic (exact) mass is 235 g/mol. The Kier molecular flexibility index (Phi) is 3.98. The fourth-order valence-corrected chi connectivity index (χ4v) is 1.48. The molecule has 0 saturated heterocycles. The maximum Gasteiger partial charge on any atom is 0.318 e. The van der Waals surface area contributed by atoms with Crippen molar-refractivity contribution < 1.29 is 19.8 Å². The van der Waals surface area contributed by atoms with Crippen molar-refractivity contribution in [3.05, 3.63) is 35.7 Å². The van der Waals surface area contributed by atoms with Crippen LogP contribution in [-0.2, 0) is 16.0 Å². The van der Waals surface area contributed by atoms with Crippen LogP contribution < -0.4 is 0 Å². The summed E-state index contributed by atoms with van der Waals surface area (Å²) in [4.78, 5) is 25.6. The van der Waals surface area contributed by atoms with E-state index in [4.69, 9.17) is 10.2 Å². The molecule has 5 heteroatoms. The lowest BCUT2D eigenvalue weighted by Crippen LogP contribution is -2.26. The summed E-state index contributed by atoms with van der Waals surface area (Å²) in [5, 5.41) is 17.5. The number of carbonyl (C=O) groups is 2. The molecule has 0 atom stereocenters. The summed E-state index contributed by atoms with van der Waals surface area (Å²) in [5.41, 5.74) is 1.93. The number of hydrogen-bond donors (Lipinski definition) is 2. The quantitative estimate of drug-likeness (QED) is 0.752. The highest BCUT2D eigenvalue weighted by atomic mass is 16.4. The van der Waals surface area contributed by atoms with Gasteiger partial charge in [0, 0.05) is 17.8 Å². The molecule has 1 aromatic heterocycles. The summed E-state index contributed by atoms with van der Waals surface area (Å²) in [6, 6.07) is 3.42. The van der Waals surface area contributed by atoms with E-state index in [1.807, 2.05) is 0 Å². The van der Waals surface area contributed by atoms with Crippen molar-refractivity contribution in [1.29, 1.82) is 0 Å². The maximum atomic E-state index is 10.8. The molecule has 0 fully saturated rings. The van der Waals surface area contributed by atoms with Gasteiger partial charge in [-0.3, -0.25) is 14.6 Å². The van der Waals surface area contributed by atoms with Crippen LogP contribution >= 0.6 is 0 Å². The lowest BCUT2D eigenvalue weighted by molar-refractivity contribution is -0.154. The number of rotatable bonds is 5. The zero-order valence-corrected chi connectivity index (χ0v) is 9.38. The van der Waals surface area contributed by atoms with Crippen molar-refractivity contribution in [1.82, 2.24) is 4.98 Å². The third kappa shape index (κ3) is 3.41. The standard InChI is InChI=1S/C12H13NO4/c1-3-8-4-7(2)13-9(5-8)6-10(11(14)15)12(16)17/h3-5,10H,1,6H2,2H3,(H,14,15)(H,16,17). The van der Waals surface area contributed by atoms with Crippen molar-refractivity contribution in [2.45, 2.75) is 13.3 Å². The number of aromatic nitrogens is 1. The van der Waals surface area contributed by atoms with E-state index in [0.717, 1.165) is 5.56 Å². The van der Waals surface area contributed by atoms with Gasteiger partial charge in [0.25, 0.3) is 0 Å². The predicted molar refractivity (Wildman–Crippen MR) is 61.5 cm³/mol. The van der Waals surface area contributed by atoms with Crippen LogP contribution in [0.25, 0.3) is 6.08 Å². The van der Waals surface area contributed by atoms with Crippen molar-refractivity contribution in [3.63, 3.8) is 0 Å². The summed E-state index contributed by atoms with van der Waals surface area (Å²) in [5.74, 6) is -4.19. The molecule has 0 amide bonds. The number of hydrogen-bond acceptors (Lipinski definition) is 3. The lowest BCUT2D eigenvalue weighted by atomic mass is 10.0. The predicted octanol–water partition coefficient (Wildman–Crippen LogP) is 1.36. The Morgan fingerprint density at radius 3 is 2.47 bits per heavy atom. The average Bonchev–Trinajstić information content (AvgIpc) is 2.24. The number of aryl methyl sites for hydroxylation is 1. The minimum absolute atomic E-state index is 0.132. The molecule has 0 aliphatic heterocycles. The number of aliphatic carboxylic acids is 2.